The van der Waals surface area contributed by atoms with Gasteiger partial charge in [-0.2, -0.15) is 0 Å². The highest BCUT2D eigenvalue weighted by molar-refractivity contribution is 5.94. The predicted octanol–water partition coefficient (Wildman–Crippen LogP) is 3.27. The molecule has 0 aromatic heterocycles. The normalized spacial score (nSPS) is 32.7. The zero-order valence-electron chi connectivity index (χ0n) is 17.2. The van der Waals surface area contributed by atoms with Gasteiger partial charge in [-0.05, 0) is 46.5 Å². The molecule has 0 aromatic carbocycles. The fourth-order valence-corrected chi connectivity index (χ4v) is 4.24. The van der Waals surface area contributed by atoms with Crippen molar-refractivity contribution in [3.05, 3.63) is 0 Å². The maximum absolute atomic E-state index is 13.1. The molecule has 2 fully saturated rings. The first-order valence-corrected chi connectivity index (χ1v) is 9.43. The quantitative estimate of drug-likeness (QED) is 0.529. The maximum Gasteiger partial charge on any atom is 0.351 e. The Morgan fingerprint density at radius 2 is 1.77 bits per heavy atom. The van der Waals surface area contributed by atoms with Crippen molar-refractivity contribution in [1.82, 2.24) is 0 Å². The van der Waals surface area contributed by atoms with Crippen molar-refractivity contribution >= 4 is 17.9 Å². The lowest BCUT2D eigenvalue weighted by Crippen LogP contribution is -2.53. The Labute approximate surface area is 155 Å². The number of esters is 3. The van der Waals surface area contributed by atoms with Crippen LogP contribution in [0, 0.1) is 22.2 Å². The SMILES string of the molecule is CCOC(=O)C(C)(C(C)C)C(C)OC(=O)C12CCC(C)(C(=O)O1)C2(C)C. The van der Waals surface area contributed by atoms with E-state index in [0.717, 1.165) is 0 Å². The average molecular weight is 368 g/mol. The summed E-state index contributed by atoms with van der Waals surface area (Å²) in [6.07, 6.45) is 0.304. The van der Waals surface area contributed by atoms with Gasteiger partial charge in [-0.1, -0.05) is 27.7 Å². The highest BCUT2D eigenvalue weighted by Crippen LogP contribution is 2.66. The summed E-state index contributed by atoms with van der Waals surface area (Å²) in [5.41, 5.74) is -3.65. The van der Waals surface area contributed by atoms with Gasteiger partial charge in [-0.3, -0.25) is 9.59 Å². The Morgan fingerprint density at radius 1 is 1.19 bits per heavy atom. The van der Waals surface area contributed by atoms with Crippen LogP contribution in [0.25, 0.3) is 0 Å². The Bertz CT molecular complexity index is 624. The van der Waals surface area contributed by atoms with E-state index in [9.17, 15) is 14.4 Å². The largest absolute Gasteiger partial charge is 0.465 e. The van der Waals surface area contributed by atoms with Crippen LogP contribution in [0.5, 0.6) is 0 Å². The van der Waals surface area contributed by atoms with Crippen molar-refractivity contribution in [2.24, 2.45) is 22.2 Å². The van der Waals surface area contributed by atoms with E-state index in [0.29, 0.717) is 12.8 Å². The minimum Gasteiger partial charge on any atom is -0.465 e. The van der Waals surface area contributed by atoms with Gasteiger partial charge >= 0.3 is 17.9 Å². The molecule has 0 aromatic rings. The molecule has 1 saturated carbocycles. The van der Waals surface area contributed by atoms with E-state index in [-0.39, 0.29) is 18.5 Å². The summed E-state index contributed by atoms with van der Waals surface area (Å²) >= 11 is 0. The summed E-state index contributed by atoms with van der Waals surface area (Å²) in [5, 5.41) is 0. The van der Waals surface area contributed by atoms with Crippen molar-refractivity contribution in [2.45, 2.75) is 79.9 Å². The molecule has 1 aliphatic heterocycles. The predicted molar refractivity (Wildman–Crippen MR) is 95.1 cm³/mol. The molecule has 6 heteroatoms. The van der Waals surface area contributed by atoms with Crippen LogP contribution in [-0.4, -0.2) is 36.2 Å². The molecule has 148 valence electrons. The number of ether oxygens (including phenoxy) is 3. The van der Waals surface area contributed by atoms with Gasteiger partial charge in [-0.15, -0.1) is 0 Å². The summed E-state index contributed by atoms with van der Waals surface area (Å²) in [7, 11) is 0. The Morgan fingerprint density at radius 3 is 2.15 bits per heavy atom. The van der Waals surface area contributed by atoms with Crippen molar-refractivity contribution in [3.8, 4) is 0 Å². The Hall–Kier alpha value is -1.59. The minimum atomic E-state index is -1.29. The van der Waals surface area contributed by atoms with Crippen LogP contribution in [0.3, 0.4) is 0 Å². The number of carbonyl (C=O) groups excluding carboxylic acids is 3. The first kappa shape index (κ1) is 20.7. The summed E-state index contributed by atoms with van der Waals surface area (Å²) in [6.45, 7) is 14.8. The number of hydrogen-bond acceptors (Lipinski definition) is 6. The van der Waals surface area contributed by atoms with Gasteiger partial charge < -0.3 is 14.2 Å². The smallest absolute Gasteiger partial charge is 0.351 e. The monoisotopic (exact) mass is 368 g/mol. The Kier molecular flexibility index (Phi) is 4.97. The van der Waals surface area contributed by atoms with Crippen LogP contribution in [-0.2, 0) is 28.6 Å². The van der Waals surface area contributed by atoms with Gasteiger partial charge in [0, 0.05) is 5.41 Å². The fourth-order valence-electron chi connectivity index (χ4n) is 4.24. The molecular weight excluding hydrogens is 336 g/mol. The zero-order valence-corrected chi connectivity index (χ0v) is 17.2. The lowest BCUT2D eigenvalue weighted by Gasteiger charge is -2.39. The van der Waals surface area contributed by atoms with E-state index in [2.05, 4.69) is 0 Å². The molecule has 2 aliphatic rings. The van der Waals surface area contributed by atoms with Crippen molar-refractivity contribution in [3.63, 3.8) is 0 Å². The van der Waals surface area contributed by atoms with Crippen LogP contribution in [0.2, 0.25) is 0 Å². The van der Waals surface area contributed by atoms with Crippen LogP contribution in [0.15, 0.2) is 0 Å². The number of hydrogen-bond donors (Lipinski definition) is 0. The van der Waals surface area contributed by atoms with Crippen molar-refractivity contribution in [2.75, 3.05) is 6.61 Å². The van der Waals surface area contributed by atoms with E-state index in [4.69, 9.17) is 14.2 Å². The van der Waals surface area contributed by atoms with Gasteiger partial charge in [0.05, 0.1) is 12.0 Å². The third-order valence-electron chi connectivity index (χ3n) is 7.46. The summed E-state index contributed by atoms with van der Waals surface area (Å²) in [6, 6.07) is 0. The van der Waals surface area contributed by atoms with E-state index < -0.39 is 39.9 Å². The zero-order chi connectivity index (χ0) is 20.1. The summed E-state index contributed by atoms with van der Waals surface area (Å²) < 4.78 is 16.6. The number of rotatable bonds is 6. The first-order valence-electron chi connectivity index (χ1n) is 9.43. The van der Waals surface area contributed by atoms with Gasteiger partial charge in [0.15, 0.2) is 0 Å². The molecule has 26 heavy (non-hydrogen) atoms. The molecule has 1 aliphatic carbocycles. The third kappa shape index (κ3) is 2.40. The second-order valence-corrected chi connectivity index (χ2v) is 8.88. The standard InChI is InChI=1S/C20H32O6/c1-9-24-15(22)19(8,12(2)3)13(4)25-16(23)20-11-10-18(7,14(21)26-20)17(20,5)6/h12-13H,9-11H2,1-8H3. The maximum atomic E-state index is 13.1. The summed E-state index contributed by atoms with van der Waals surface area (Å²) in [4.78, 5) is 38.0. The Balaban J connectivity index is 2.29. The van der Waals surface area contributed by atoms with E-state index >= 15 is 0 Å². The second kappa shape index (κ2) is 6.24. The molecule has 1 heterocycles. The van der Waals surface area contributed by atoms with Crippen LogP contribution >= 0.6 is 0 Å². The second-order valence-electron chi connectivity index (χ2n) is 8.88. The van der Waals surface area contributed by atoms with E-state index in [1.165, 1.54) is 0 Å². The molecular formula is C20H32O6. The van der Waals surface area contributed by atoms with E-state index in [1.54, 1.807) is 20.8 Å². The lowest BCUT2D eigenvalue weighted by molar-refractivity contribution is -0.196. The van der Waals surface area contributed by atoms with Crippen LogP contribution in [0.1, 0.15) is 68.2 Å². The van der Waals surface area contributed by atoms with Crippen molar-refractivity contribution in [1.29, 1.82) is 0 Å². The van der Waals surface area contributed by atoms with Gasteiger partial charge in [0.1, 0.15) is 11.5 Å². The lowest BCUT2D eigenvalue weighted by atomic mass is 9.66. The molecule has 0 radical (unpaired) electrons. The molecule has 1 saturated heterocycles. The van der Waals surface area contributed by atoms with Gasteiger partial charge in [0.2, 0.25) is 5.60 Å². The highest BCUT2D eigenvalue weighted by Gasteiger charge is 2.76. The number of fused-ring (bicyclic) bond motifs is 2. The molecule has 0 N–H and O–H groups in total. The first-order chi connectivity index (χ1) is 11.8. The summed E-state index contributed by atoms with van der Waals surface area (Å²) in [5.74, 6) is -1.42. The molecule has 2 bridgehead atoms. The highest BCUT2D eigenvalue weighted by atomic mass is 16.6. The van der Waals surface area contributed by atoms with Crippen LogP contribution < -0.4 is 0 Å². The van der Waals surface area contributed by atoms with E-state index in [1.807, 2.05) is 34.6 Å². The molecule has 4 unspecified atom stereocenters. The molecule has 0 spiro atoms. The van der Waals surface area contributed by atoms with Crippen molar-refractivity contribution < 1.29 is 28.6 Å². The minimum absolute atomic E-state index is 0.102. The molecule has 2 rings (SSSR count). The van der Waals surface area contributed by atoms with Crippen LogP contribution in [0.4, 0.5) is 0 Å². The molecule has 0 amide bonds. The molecule has 6 nitrogen and oxygen atoms in total. The third-order valence-corrected chi connectivity index (χ3v) is 7.46. The topological polar surface area (TPSA) is 78.9 Å². The number of carbonyl (C=O) groups is 3. The molecule has 4 atom stereocenters. The average Bonchev–Trinajstić information content (AvgIpc) is 2.84. The van der Waals surface area contributed by atoms with Gasteiger partial charge in [0.25, 0.3) is 0 Å². The van der Waals surface area contributed by atoms with Gasteiger partial charge in [-0.25, -0.2) is 4.79 Å². The fraction of sp³-hybridized carbons (Fsp3) is 0.850.